The maximum absolute atomic E-state index is 12.2. The van der Waals surface area contributed by atoms with Gasteiger partial charge in [0.1, 0.15) is 12.3 Å². The van der Waals surface area contributed by atoms with Crippen molar-refractivity contribution in [3.63, 3.8) is 0 Å². The van der Waals surface area contributed by atoms with Crippen molar-refractivity contribution in [3.05, 3.63) is 59.8 Å². The van der Waals surface area contributed by atoms with E-state index in [2.05, 4.69) is 10.6 Å². The third-order valence-electron chi connectivity index (χ3n) is 4.32. The summed E-state index contributed by atoms with van der Waals surface area (Å²) < 4.78 is 7.10. The first kappa shape index (κ1) is 19.8. The molecule has 0 aliphatic heterocycles. The van der Waals surface area contributed by atoms with Crippen molar-refractivity contribution in [3.8, 4) is 5.75 Å². The number of carbonyl (C=O) groups excluding carboxylic acids is 2. The van der Waals surface area contributed by atoms with Gasteiger partial charge in [0.25, 0.3) is 0 Å². The maximum Gasteiger partial charge on any atom is 0.239 e. The van der Waals surface area contributed by atoms with E-state index in [0.29, 0.717) is 30.1 Å². The summed E-state index contributed by atoms with van der Waals surface area (Å²) in [6.45, 7) is 0.673. The van der Waals surface area contributed by atoms with Crippen molar-refractivity contribution in [2.24, 2.45) is 0 Å². The van der Waals surface area contributed by atoms with Crippen LogP contribution in [0.4, 0.5) is 5.69 Å². The molecule has 1 heterocycles. The number of methoxy groups -OCH3 is 1. The summed E-state index contributed by atoms with van der Waals surface area (Å²) in [6, 6.07) is 14.6. The molecule has 3 rings (SSSR count). The van der Waals surface area contributed by atoms with Gasteiger partial charge in [-0.1, -0.05) is 11.6 Å². The average molecular weight is 400 g/mol. The second-order valence-electron chi connectivity index (χ2n) is 6.38. The molecule has 6 nitrogen and oxygen atoms in total. The highest BCUT2D eigenvalue weighted by atomic mass is 35.5. The molecule has 146 valence electrons. The smallest absolute Gasteiger partial charge is 0.239 e. The van der Waals surface area contributed by atoms with Crippen LogP contribution in [-0.2, 0) is 16.1 Å². The van der Waals surface area contributed by atoms with Crippen LogP contribution in [-0.4, -0.2) is 30.0 Å². The summed E-state index contributed by atoms with van der Waals surface area (Å²) in [5.74, 6) is 0.597. The number of carbonyl (C=O) groups is 2. The minimum absolute atomic E-state index is 0.0913. The molecule has 28 heavy (non-hydrogen) atoms. The van der Waals surface area contributed by atoms with Crippen molar-refractivity contribution in [1.82, 2.24) is 9.88 Å². The Morgan fingerprint density at radius 1 is 1.07 bits per heavy atom. The zero-order valence-electron chi connectivity index (χ0n) is 15.6. The number of hydrogen-bond donors (Lipinski definition) is 2. The Morgan fingerprint density at radius 2 is 1.86 bits per heavy atom. The number of amides is 2. The van der Waals surface area contributed by atoms with E-state index in [9.17, 15) is 9.59 Å². The quantitative estimate of drug-likeness (QED) is 0.565. The lowest BCUT2D eigenvalue weighted by atomic mass is 10.2. The molecule has 1 aromatic heterocycles. The van der Waals surface area contributed by atoms with E-state index in [1.54, 1.807) is 31.4 Å². The van der Waals surface area contributed by atoms with E-state index in [0.717, 1.165) is 16.7 Å². The topological polar surface area (TPSA) is 72.4 Å². The van der Waals surface area contributed by atoms with Crippen LogP contribution in [0, 0.1) is 0 Å². The number of aromatic nitrogens is 1. The van der Waals surface area contributed by atoms with Crippen molar-refractivity contribution in [1.29, 1.82) is 0 Å². The number of nitrogens with one attached hydrogen (secondary N) is 2. The monoisotopic (exact) mass is 399 g/mol. The lowest BCUT2D eigenvalue weighted by molar-refractivity contribution is -0.122. The molecule has 0 atom stereocenters. The first-order valence-electron chi connectivity index (χ1n) is 9.00. The predicted octanol–water partition coefficient (Wildman–Crippen LogP) is 3.84. The number of nitrogens with zero attached hydrogens (tertiary/aromatic N) is 1. The maximum atomic E-state index is 12.2. The van der Waals surface area contributed by atoms with Gasteiger partial charge < -0.3 is 19.9 Å². The fraction of sp³-hybridized carbons (Fsp3) is 0.238. The van der Waals surface area contributed by atoms with Gasteiger partial charge in [-0.3, -0.25) is 9.59 Å². The third kappa shape index (κ3) is 5.27. The van der Waals surface area contributed by atoms with Gasteiger partial charge in [-0.2, -0.15) is 0 Å². The van der Waals surface area contributed by atoms with Crippen LogP contribution in [0.25, 0.3) is 10.9 Å². The minimum Gasteiger partial charge on any atom is -0.497 e. The molecule has 3 aromatic rings. The van der Waals surface area contributed by atoms with Crippen LogP contribution in [0.1, 0.15) is 12.8 Å². The average Bonchev–Trinajstić information content (AvgIpc) is 3.09. The van der Waals surface area contributed by atoms with E-state index in [1.165, 1.54) is 0 Å². The zero-order chi connectivity index (χ0) is 19.9. The van der Waals surface area contributed by atoms with Gasteiger partial charge in [0.15, 0.2) is 0 Å². The minimum atomic E-state index is -0.0954. The molecule has 2 N–H and O–H groups in total. The van der Waals surface area contributed by atoms with Crippen LogP contribution in [0.15, 0.2) is 54.7 Å². The Kier molecular flexibility index (Phi) is 6.55. The molecule has 0 spiro atoms. The number of ether oxygens (including phenoxy) is 1. The van der Waals surface area contributed by atoms with Crippen LogP contribution >= 0.6 is 11.6 Å². The first-order valence-corrected chi connectivity index (χ1v) is 9.38. The fourth-order valence-corrected chi connectivity index (χ4v) is 3.01. The zero-order valence-corrected chi connectivity index (χ0v) is 16.3. The van der Waals surface area contributed by atoms with E-state index in [4.69, 9.17) is 16.3 Å². The largest absolute Gasteiger partial charge is 0.497 e. The number of hydrogen-bond acceptors (Lipinski definition) is 3. The van der Waals surface area contributed by atoms with E-state index in [1.807, 2.05) is 35.0 Å². The van der Waals surface area contributed by atoms with Crippen molar-refractivity contribution in [2.45, 2.75) is 19.4 Å². The van der Waals surface area contributed by atoms with Gasteiger partial charge in [0, 0.05) is 40.8 Å². The van der Waals surface area contributed by atoms with Gasteiger partial charge in [0.05, 0.1) is 7.11 Å². The molecule has 0 radical (unpaired) electrons. The molecular weight excluding hydrogens is 378 g/mol. The molecular formula is C21H22ClN3O3. The normalized spacial score (nSPS) is 10.6. The summed E-state index contributed by atoms with van der Waals surface area (Å²) in [4.78, 5) is 24.1. The third-order valence-corrected chi connectivity index (χ3v) is 4.57. The summed E-state index contributed by atoms with van der Waals surface area (Å²) in [6.07, 6.45) is 2.77. The van der Waals surface area contributed by atoms with Gasteiger partial charge in [-0.25, -0.2) is 0 Å². The SMILES string of the molecule is COc1ccc2c(ccn2CC(=O)NCCCC(=O)Nc2ccc(Cl)cc2)c1. The number of halogens is 1. The summed E-state index contributed by atoms with van der Waals surface area (Å²) in [7, 11) is 1.63. The standard InChI is InChI=1S/C21H22ClN3O3/c1-28-18-8-9-19-15(13-18)10-12-25(19)14-21(27)23-11-2-3-20(26)24-17-6-4-16(22)5-7-17/h4-10,12-13H,2-3,11,14H2,1H3,(H,23,27)(H,24,26). The van der Waals surface area contributed by atoms with E-state index in [-0.39, 0.29) is 18.4 Å². The Morgan fingerprint density at radius 3 is 2.61 bits per heavy atom. The van der Waals surface area contributed by atoms with Crippen molar-refractivity contribution in [2.75, 3.05) is 19.0 Å². The van der Waals surface area contributed by atoms with Crippen LogP contribution < -0.4 is 15.4 Å². The van der Waals surface area contributed by atoms with Crippen molar-refractivity contribution < 1.29 is 14.3 Å². The first-order chi connectivity index (χ1) is 13.5. The molecule has 2 amide bonds. The lowest BCUT2D eigenvalue weighted by Gasteiger charge is -2.08. The Hall–Kier alpha value is -2.99. The molecule has 7 heteroatoms. The second-order valence-corrected chi connectivity index (χ2v) is 6.81. The Labute approximate surface area is 168 Å². The van der Waals surface area contributed by atoms with Crippen LogP contribution in [0.2, 0.25) is 5.02 Å². The van der Waals surface area contributed by atoms with Gasteiger partial charge >= 0.3 is 0 Å². The van der Waals surface area contributed by atoms with E-state index < -0.39 is 0 Å². The molecule has 0 unspecified atom stereocenters. The molecule has 0 saturated carbocycles. The van der Waals surface area contributed by atoms with Crippen LogP contribution in [0.5, 0.6) is 5.75 Å². The molecule has 0 aliphatic rings. The Balaban J connectivity index is 1.41. The number of fused-ring (bicyclic) bond motifs is 1. The molecule has 0 fully saturated rings. The summed E-state index contributed by atoms with van der Waals surface area (Å²) in [5.41, 5.74) is 1.67. The van der Waals surface area contributed by atoms with Gasteiger partial charge in [0.2, 0.25) is 11.8 Å². The lowest BCUT2D eigenvalue weighted by Crippen LogP contribution is -2.28. The van der Waals surface area contributed by atoms with Crippen LogP contribution in [0.3, 0.4) is 0 Å². The molecule has 2 aromatic carbocycles. The number of anilines is 1. The van der Waals surface area contributed by atoms with Crippen molar-refractivity contribution >= 4 is 40.0 Å². The summed E-state index contributed by atoms with van der Waals surface area (Å²) in [5, 5.41) is 7.29. The highest BCUT2D eigenvalue weighted by Gasteiger charge is 2.08. The van der Waals surface area contributed by atoms with E-state index >= 15 is 0 Å². The molecule has 0 aliphatic carbocycles. The van der Waals surface area contributed by atoms with Gasteiger partial charge in [-0.05, 0) is 55.0 Å². The second kappa shape index (κ2) is 9.28. The highest BCUT2D eigenvalue weighted by molar-refractivity contribution is 6.30. The van der Waals surface area contributed by atoms with Gasteiger partial charge in [-0.15, -0.1) is 0 Å². The fourth-order valence-electron chi connectivity index (χ4n) is 2.89. The number of rotatable bonds is 8. The summed E-state index contributed by atoms with van der Waals surface area (Å²) >= 11 is 5.82. The Bertz CT molecular complexity index is 967. The number of benzene rings is 2. The predicted molar refractivity (Wildman–Crippen MR) is 111 cm³/mol. The molecule has 0 saturated heterocycles. The highest BCUT2D eigenvalue weighted by Crippen LogP contribution is 2.21. The molecule has 0 bridgehead atoms.